The van der Waals surface area contributed by atoms with Gasteiger partial charge in [-0.15, -0.1) is 0 Å². The van der Waals surface area contributed by atoms with Crippen LogP contribution in [-0.2, 0) is 72.0 Å². The first-order valence-electron chi connectivity index (χ1n) is 32.5. The summed E-state index contributed by atoms with van der Waals surface area (Å²) in [5, 5.41) is 93.2. The number of amides is 8. The number of nitrogens with one attached hydrogen (secondary N) is 9. The van der Waals surface area contributed by atoms with E-state index in [9.17, 15) is 74.1 Å². The molecule has 32 nitrogen and oxygen atoms in total. The van der Waals surface area contributed by atoms with Crippen molar-refractivity contribution in [2.24, 2.45) is 5.73 Å². The molecule has 2 aliphatic heterocycles. The molecule has 6 rings (SSSR count). The monoisotopic (exact) mass is 1420 g/mol. The van der Waals surface area contributed by atoms with Crippen LogP contribution in [0.25, 0.3) is 10.9 Å². The van der Waals surface area contributed by atoms with Gasteiger partial charge in [-0.25, -0.2) is 0 Å². The van der Waals surface area contributed by atoms with E-state index in [1.54, 1.807) is 80.4 Å². The predicted octanol–water partition coefficient (Wildman–Crippen LogP) is -3.47. The first-order chi connectivity index (χ1) is 47.3. The lowest BCUT2D eigenvalue weighted by Gasteiger charge is -2.33. The Bertz CT molecular complexity index is 3320. The van der Waals surface area contributed by atoms with Gasteiger partial charge < -0.3 is 89.0 Å². The van der Waals surface area contributed by atoms with Gasteiger partial charge in [-0.05, 0) is 74.5 Å². The zero-order chi connectivity index (χ0) is 72.1. The highest BCUT2D eigenvalue weighted by Crippen LogP contribution is 2.25. The SMILES string of the molecule is C[C@@H](O)[C@@H]1NC(=O)C(CCCCN)NC(=O)C(Cc2c[nH]c3ccccc23)NC(=O)[C@H](Cc2ccc(O)cc2)NC(=O)C(NC(=O)[C@@H](Cc2ccccc2)NC(=O)CN2CCN(CC(=O)O)CCN(CC(=O)O)CCN(CC(=O)O)CC2)CSSC[C@@H](C(=O)N[C@H](CO)[C@@H](C)O)NC1=O. The third-order valence-electron chi connectivity index (χ3n) is 16.6. The lowest BCUT2D eigenvalue weighted by atomic mass is 10.0. The van der Waals surface area contributed by atoms with Crippen LogP contribution in [0.4, 0.5) is 0 Å². The molecule has 4 aromatic rings. The van der Waals surface area contributed by atoms with Gasteiger partial charge in [0, 0.05) is 100 Å². The molecular formula is C65H92N14O18S2. The number of unbranched alkanes of at least 4 members (excludes halogenated alkanes) is 1. The number of rotatable bonds is 26. The number of benzene rings is 3. The predicted molar refractivity (Wildman–Crippen MR) is 366 cm³/mol. The maximum atomic E-state index is 15.3. The van der Waals surface area contributed by atoms with Gasteiger partial charge in [0.15, 0.2) is 0 Å². The van der Waals surface area contributed by atoms with Gasteiger partial charge in [0.05, 0.1) is 51.0 Å². The van der Waals surface area contributed by atoms with Crippen LogP contribution < -0.4 is 48.3 Å². The second-order valence-electron chi connectivity index (χ2n) is 24.5. The van der Waals surface area contributed by atoms with Gasteiger partial charge in [0.1, 0.15) is 48.0 Å². The van der Waals surface area contributed by atoms with Crippen molar-refractivity contribution < 1.29 is 88.5 Å². The third kappa shape index (κ3) is 27.0. The van der Waals surface area contributed by atoms with Gasteiger partial charge in [0.25, 0.3) is 0 Å². The number of para-hydroxylation sites is 1. The number of carboxylic acids is 3. The number of hydrogen-bond donors (Lipinski definition) is 17. The molecular weight excluding hydrogens is 1330 g/mol. The minimum absolute atomic E-state index is 0.0540. The van der Waals surface area contributed by atoms with Crippen molar-refractivity contribution in [3.05, 3.63) is 102 Å². The highest BCUT2D eigenvalue weighted by Gasteiger charge is 2.37. The second-order valence-corrected chi connectivity index (χ2v) is 27.0. The van der Waals surface area contributed by atoms with Crippen molar-refractivity contribution in [1.29, 1.82) is 0 Å². The summed E-state index contributed by atoms with van der Waals surface area (Å²) in [6.07, 6.45) is -1.31. The van der Waals surface area contributed by atoms with E-state index >= 15 is 14.4 Å². The molecule has 0 aliphatic carbocycles. The third-order valence-corrected chi connectivity index (χ3v) is 19.0. The Hall–Kier alpha value is -8.45. The number of phenolic OH excluding ortho intramolecular Hbond substituents is 1. The lowest BCUT2D eigenvalue weighted by Crippen LogP contribution is -2.62. The molecule has 99 heavy (non-hydrogen) atoms. The number of aliphatic carboxylic acids is 3. The number of carbonyl (C=O) groups excluding carboxylic acids is 8. The van der Waals surface area contributed by atoms with Crippen LogP contribution in [0.1, 0.15) is 49.8 Å². The molecule has 18 N–H and O–H groups in total. The number of H-pyrrole nitrogens is 1. The number of aliphatic hydroxyl groups excluding tert-OH is 3. The Morgan fingerprint density at radius 1 is 0.596 bits per heavy atom. The second kappa shape index (κ2) is 40.6. The fraction of sp³-hybridized carbons (Fsp3) is 0.523. The summed E-state index contributed by atoms with van der Waals surface area (Å²) in [4.78, 5) is 163. The Morgan fingerprint density at radius 3 is 1.68 bits per heavy atom. The van der Waals surface area contributed by atoms with Crippen molar-refractivity contribution in [3.8, 4) is 5.75 Å². The number of aromatic amines is 1. The summed E-state index contributed by atoms with van der Waals surface area (Å²) in [6.45, 7) is 1.08. The molecule has 3 aromatic carbocycles. The van der Waals surface area contributed by atoms with Crippen LogP contribution in [-0.4, -0.2) is 289 Å². The molecule has 3 heterocycles. The van der Waals surface area contributed by atoms with Crippen LogP contribution in [0.5, 0.6) is 5.75 Å². The van der Waals surface area contributed by atoms with Gasteiger partial charge in [-0.2, -0.15) is 0 Å². The number of aliphatic hydroxyl groups is 3. The number of nitrogens with two attached hydrogens (primary N) is 1. The molecule has 542 valence electrons. The van der Waals surface area contributed by atoms with E-state index in [1.807, 2.05) is 0 Å². The molecule has 0 bridgehead atoms. The van der Waals surface area contributed by atoms with Gasteiger partial charge in [0.2, 0.25) is 47.3 Å². The zero-order valence-corrected chi connectivity index (χ0v) is 56.8. The summed E-state index contributed by atoms with van der Waals surface area (Å²) in [6, 6.07) is 9.21. The highest BCUT2D eigenvalue weighted by molar-refractivity contribution is 8.76. The van der Waals surface area contributed by atoms with E-state index in [0.29, 0.717) is 34.0 Å². The van der Waals surface area contributed by atoms with E-state index in [2.05, 4.69) is 47.5 Å². The molecule has 1 aromatic heterocycles. The van der Waals surface area contributed by atoms with Crippen molar-refractivity contribution in [1.82, 2.24) is 67.1 Å². The van der Waals surface area contributed by atoms with Crippen molar-refractivity contribution in [2.45, 2.75) is 113 Å². The quantitative estimate of drug-likeness (QED) is 0.0215. The van der Waals surface area contributed by atoms with Crippen LogP contribution in [0.2, 0.25) is 0 Å². The van der Waals surface area contributed by atoms with E-state index < -0.39 is 152 Å². The molecule has 34 heteroatoms. The largest absolute Gasteiger partial charge is 0.508 e. The van der Waals surface area contributed by atoms with E-state index in [-0.39, 0.29) is 115 Å². The number of nitrogens with zero attached hydrogens (tertiary/aromatic N) is 4. The lowest BCUT2D eigenvalue weighted by molar-refractivity contribution is -0.140. The number of fused-ring (bicyclic) bond motifs is 1. The molecule has 2 saturated heterocycles. The molecule has 2 fully saturated rings. The van der Waals surface area contributed by atoms with E-state index in [4.69, 9.17) is 5.73 Å². The molecule has 3 unspecified atom stereocenters. The average Bonchev–Trinajstić information content (AvgIpc) is 1.73. The Labute approximate surface area is 580 Å². The maximum Gasteiger partial charge on any atom is 0.317 e. The minimum atomic E-state index is -1.77. The first-order valence-corrected chi connectivity index (χ1v) is 35.0. The van der Waals surface area contributed by atoms with Crippen LogP contribution >= 0.6 is 21.6 Å². The van der Waals surface area contributed by atoms with E-state index in [0.717, 1.165) is 21.6 Å². The maximum absolute atomic E-state index is 15.3. The standard InChI is InChI=1S/C65H92N14O18S2/c1-39(81)51(36-80)72-64(96)53-38-99-98-37-52(73-60(92)48(28-41-10-4-3-5-11-41)68-54(84)32-76-20-22-77(33-55(85)86)24-26-79(35-57(89)90)27-25-78(23-21-76)34-56(87)88)63(95)70-49(29-42-15-17-44(83)18-16-42)61(93)71-50(30-43-31-67-46-13-7-6-12-45(43)46)62(94)69-47(14-8-9-19-66)59(91)75-58(40(2)82)65(97)74-53/h3-7,10-13,15-18,31,39-40,47-53,58,67,80-83H,8-9,14,19-30,32-38,66H2,1-2H3,(H,68,84)(H,69,94)(H,70,95)(H,71,93)(H,72,96)(H,73,92)(H,74,97)(H,75,91)(H,85,86)(H,87,88)(H,89,90)/t39-,40-,47?,48-,49+,50?,51-,52?,53+,58+/m1/s1. The van der Waals surface area contributed by atoms with Crippen LogP contribution in [0.15, 0.2) is 85.1 Å². The number of aromatic nitrogens is 1. The topological polar surface area (TPSA) is 480 Å². The summed E-state index contributed by atoms with van der Waals surface area (Å²) in [5.41, 5.74) is 8.05. The average molecular weight is 1420 g/mol. The highest BCUT2D eigenvalue weighted by atomic mass is 33.1. The molecule has 0 spiro atoms. The molecule has 0 saturated carbocycles. The fourth-order valence-electron chi connectivity index (χ4n) is 11.1. The number of hydrogen-bond acceptors (Lipinski definition) is 22. The van der Waals surface area contributed by atoms with Gasteiger partial charge in [-0.3, -0.25) is 72.3 Å². The summed E-state index contributed by atoms with van der Waals surface area (Å²) in [7, 11) is 1.81. The Balaban J connectivity index is 1.40. The molecule has 2 aliphatic rings. The molecule has 10 atom stereocenters. The number of aromatic hydroxyl groups is 1. The minimum Gasteiger partial charge on any atom is -0.508 e. The summed E-state index contributed by atoms with van der Waals surface area (Å²) in [5.74, 6) is -11.6. The zero-order valence-electron chi connectivity index (χ0n) is 55.2. The number of phenols is 1. The van der Waals surface area contributed by atoms with E-state index in [1.165, 1.54) is 38.1 Å². The van der Waals surface area contributed by atoms with Crippen molar-refractivity contribution in [2.75, 3.05) is 103 Å². The molecule has 8 amide bonds. The first kappa shape index (κ1) is 79.5. The van der Waals surface area contributed by atoms with Gasteiger partial charge >= 0.3 is 17.9 Å². The summed E-state index contributed by atoms with van der Waals surface area (Å²) < 4.78 is 0. The van der Waals surface area contributed by atoms with Crippen molar-refractivity contribution in [3.63, 3.8) is 0 Å². The summed E-state index contributed by atoms with van der Waals surface area (Å²) >= 11 is 0. The number of carbonyl (C=O) groups is 11. The Kier molecular flexibility index (Phi) is 32.6. The number of carboxylic acid groups (broad SMARTS) is 3. The van der Waals surface area contributed by atoms with Gasteiger partial charge in [-0.1, -0.05) is 82.3 Å². The van der Waals surface area contributed by atoms with Crippen molar-refractivity contribution >= 4 is 97.7 Å². The smallest absolute Gasteiger partial charge is 0.317 e. The normalized spacial score (nSPS) is 22.0. The fourth-order valence-corrected chi connectivity index (χ4v) is 13.4. The van der Waals surface area contributed by atoms with Crippen LogP contribution in [0, 0.1) is 0 Å². The molecule has 0 radical (unpaired) electrons. The Morgan fingerprint density at radius 2 is 1.12 bits per heavy atom. The van der Waals surface area contributed by atoms with Crippen LogP contribution in [0.3, 0.4) is 0 Å².